The van der Waals surface area contributed by atoms with Crippen molar-refractivity contribution in [2.45, 2.75) is 19.9 Å². The molecule has 1 saturated heterocycles. The average molecular weight is 380 g/mol. The van der Waals surface area contributed by atoms with Crippen LogP contribution in [0.25, 0.3) is 5.76 Å². The quantitative estimate of drug-likeness (QED) is 0.465. The molecule has 0 saturated carbocycles. The van der Waals surface area contributed by atoms with Gasteiger partial charge in [-0.2, -0.15) is 0 Å². The second-order valence-electron chi connectivity index (χ2n) is 7.55. The number of aryl methyl sites for hydroxylation is 2. The van der Waals surface area contributed by atoms with Crippen LogP contribution in [-0.2, 0) is 9.59 Å². The highest BCUT2D eigenvalue weighted by Gasteiger charge is 2.46. The van der Waals surface area contributed by atoms with Crippen LogP contribution < -0.4 is 4.90 Å². The number of Topliss-reactive ketones (excluding diaryl/α,β-unsaturated/α-hetero) is 1. The van der Waals surface area contributed by atoms with Crippen molar-refractivity contribution in [3.05, 3.63) is 70.6 Å². The van der Waals surface area contributed by atoms with E-state index >= 15 is 0 Å². The van der Waals surface area contributed by atoms with Crippen molar-refractivity contribution in [3.63, 3.8) is 0 Å². The van der Waals surface area contributed by atoms with Crippen LogP contribution in [0.15, 0.2) is 48.3 Å². The third-order valence-electron chi connectivity index (χ3n) is 5.04. The number of carbonyl (C=O) groups excluding carboxylic acids is 2. The maximum absolute atomic E-state index is 12.9. The summed E-state index contributed by atoms with van der Waals surface area (Å²) in [5, 5.41) is 11.1. The number of rotatable bonds is 5. The van der Waals surface area contributed by atoms with E-state index in [9.17, 15) is 14.7 Å². The molecule has 0 unspecified atom stereocenters. The molecule has 1 aliphatic rings. The van der Waals surface area contributed by atoms with Crippen molar-refractivity contribution in [3.8, 4) is 0 Å². The van der Waals surface area contributed by atoms with E-state index in [1.807, 2.05) is 52.2 Å². The Morgan fingerprint density at radius 1 is 1.21 bits per heavy atom. The lowest BCUT2D eigenvalue weighted by Gasteiger charge is -2.25. The van der Waals surface area contributed by atoms with Crippen LogP contribution >= 0.6 is 0 Å². The number of benzene rings is 1. The molecule has 0 radical (unpaired) electrons. The van der Waals surface area contributed by atoms with Gasteiger partial charge in [0.05, 0.1) is 38.8 Å². The molecule has 6 nitrogen and oxygen atoms in total. The maximum atomic E-state index is 12.9. The van der Waals surface area contributed by atoms with E-state index < -0.39 is 17.7 Å². The summed E-state index contributed by atoms with van der Waals surface area (Å²) < 4.78 is 0. The number of likely N-dealkylation sites (N-methyl/N-ethyl adjacent to an activating group) is 1. The average Bonchev–Trinajstić information content (AvgIpc) is 2.93. The molecule has 6 heteroatoms. The fourth-order valence-electron chi connectivity index (χ4n) is 3.48. The van der Waals surface area contributed by atoms with Gasteiger partial charge in [0.1, 0.15) is 5.76 Å². The van der Waals surface area contributed by atoms with Gasteiger partial charge in [-0.1, -0.05) is 23.8 Å². The highest BCUT2D eigenvalue weighted by molar-refractivity contribution is 6.46. The lowest BCUT2D eigenvalue weighted by atomic mass is 9.94. The van der Waals surface area contributed by atoms with Crippen molar-refractivity contribution in [1.82, 2.24) is 9.88 Å². The fourth-order valence-corrected chi connectivity index (χ4v) is 3.48. The number of quaternary nitrogens is 1. The van der Waals surface area contributed by atoms with Crippen LogP contribution in [0.1, 0.15) is 28.3 Å². The number of hydrogen-bond acceptors (Lipinski definition) is 4. The highest BCUT2D eigenvalue weighted by atomic mass is 16.3. The first-order chi connectivity index (χ1) is 13.3. The molecule has 2 N–H and O–H groups in total. The third kappa shape index (κ3) is 3.68. The largest absolute Gasteiger partial charge is 0.507 e. The summed E-state index contributed by atoms with van der Waals surface area (Å²) >= 11 is 0. The Balaban J connectivity index is 2.18. The first kappa shape index (κ1) is 19.8. The second kappa shape index (κ2) is 7.94. The molecular formula is C22H26N3O3+. The molecule has 146 valence electrons. The van der Waals surface area contributed by atoms with Crippen LogP contribution in [0.4, 0.5) is 0 Å². The van der Waals surface area contributed by atoms with Gasteiger partial charge in [-0.05, 0) is 37.1 Å². The number of pyridine rings is 1. The van der Waals surface area contributed by atoms with Gasteiger partial charge in [0.25, 0.3) is 11.7 Å². The number of carbonyl (C=O) groups is 2. The molecule has 1 aromatic carbocycles. The summed E-state index contributed by atoms with van der Waals surface area (Å²) in [6, 6.07) is 8.63. The standard InChI is InChI=1S/C22H25N3O3/c1-14-7-8-15(2)17(12-14)20(26)18-19(16-6-5-9-23-13-16)25(11-10-24(3)4)22(28)21(18)27/h5-9,12-13,19,26H,10-11H2,1-4H3/p+1/t19-/m0/s1. The molecule has 0 spiro atoms. The van der Waals surface area contributed by atoms with E-state index in [0.29, 0.717) is 24.2 Å². The first-order valence-corrected chi connectivity index (χ1v) is 9.36. The van der Waals surface area contributed by atoms with Gasteiger partial charge in [0.15, 0.2) is 0 Å². The Labute approximate surface area is 165 Å². The minimum Gasteiger partial charge on any atom is -0.507 e. The summed E-state index contributed by atoms with van der Waals surface area (Å²) in [6.45, 7) is 4.90. The number of hydrogen-bond donors (Lipinski definition) is 2. The molecular weight excluding hydrogens is 354 g/mol. The third-order valence-corrected chi connectivity index (χ3v) is 5.04. The van der Waals surface area contributed by atoms with E-state index in [4.69, 9.17) is 0 Å². The predicted molar refractivity (Wildman–Crippen MR) is 107 cm³/mol. The van der Waals surface area contributed by atoms with Crippen molar-refractivity contribution in [2.24, 2.45) is 0 Å². The van der Waals surface area contributed by atoms with Gasteiger partial charge in [-0.3, -0.25) is 14.6 Å². The van der Waals surface area contributed by atoms with E-state index in [1.165, 1.54) is 4.90 Å². The summed E-state index contributed by atoms with van der Waals surface area (Å²) in [5.41, 5.74) is 3.22. The maximum Gasteiger partial charge on any atom is 0.295 e. The lowest BCUT2D eigenvalue weighted by Crippen LogP contribution is -3.06. The van der Waals surface area contributed by atoms with E-state index in [1.54, 1.807) is 23.4 Å². The molecule has 28 heavy (non-hydrogen) atoms. The van der Waals surface area contributed by atoms with E-state index in [2.05, 4.69) is 4.98 Å². The van der Waals surface area contributed by atoms with Crippen LogP contribution in [-0.4, -0.2) is 53.9 Å². The van der Waals surface area contributed by atoms with Crippen LogP contribution in [0, 0.1) is 13.8 Å². The number of aromatic nitrogens is 1. The zero-order chi connectivity index (χ0) is 20.4. The zero-order valence-electron chi connectivity index (χ0n) is 16.7. The summed E-state index contributed by atoms with van der Waals surface area (Å²) in [7, 11) is 3.98. The summed E-state index contributed by atoms with van der Waals surface area (Å²) in [5.74, 6) is -1.36. The van der Waals surface area contributed by atoms with Gasteiger partial charge in [-0.15, -0.1) is 0 Å². The number of amides is 1. The van der Waals surface area contributed by atoms with Gasteiger partial charge in [0.2, 0.25) is 0 Å². The van der Waals surface area contributed by atoms with Gasteiger partial charge < -0.3 is 14.9 Å². The van der Waals surface area contributed by atoms with E-state index in [-0.39, 0.29) is 11.3 Å². The molecule has 2 aromatic rings. The topological polar surface area (TPSA) is 74.9 Å². The number of likely N-dealkylation sites (tertiary alicyclic amines) is 1. The lowest BCUT2D eigenvalue weighted by molar-refractivity contribution is -0.857. The zero-order valence-corrected chi connectivity index (χ0v) is 16.7. The monoisotopic (exact) mass is 380 g/mol. The predicted octanol–water partition coefficient (Wildman–Crippen LogP) is 1.26. The molecule has 0 aliphatic carbocycles. The molecule has 1 aromatic heterocycles. The summed E-state index contributed by atoms with van der Waals surface area (Å²) in [4.78, 5) is 32.6. The number of ketones is 1. The first-order valence-electron chi connectivity index (χ1n) is 9.36. The number of nitrogens with zero attached hydrogens (tertiary/aromatic N) is 2. The molecule has 1 atom stereocenters. The normalized spacial score (nSPS) is 18.9. The fraction of sp³-hybridized carbons (Fsp3) is 0.318. The van der Waals surface area contributed by atoms with Crippen molar-refractivity contribution >= 4 is 17.4 Å². The van der Waals surface area contributed by atoms with E-state index in [0.717, 1.165) is 11.1 Å². The van der Waals surface area contributed by atoms with Crippen LogP contribution in [0.3, 0.4) is 0 Å². The molecule has 0 bridgehead atoms. The molecule has 1 aliphatic heterocycles. The van der Waals surface area contributed by atoms with Gasteiger partial charge in [-0.25, -0.2) is 0 Å². The van der Waals surface area contributed by atoms with Crippen molar-refractivity contribution in [1.29, 1.82) is 0 Å². The van der Waals surface area contributed by atoms with Crippen molar-refractivity contribution < 1.29 is 19.6 Å². The Morgan fingerprint density at radius 2 is 1.96 bits per heavy atom. The van der Waals surface area contributed by atoms with Crippen LogP contribution in [0.2, 0.25) is 0 Å². The smallest absolute Gasteiger partial charge is 0.295 e. The van der Waals surface area contributed by atoms with Crippen molar-refractivity contribution in [2.75, 3.05) is 27.2 Å². The Hall–Kier alpha value is -2.99. The molecule has 3 rings (SSSR count). The number of aliphatic hydroxyl groups excluding tert-OH is 1. The second-order valence-corrected chi connectivity index (χ2v) is 7.55. The molecule has 2 heterocycles. The summed E-state index contributed by atoms with van der Waals surface area (Å²) in [6.07, 6.45) is 3.28. The minimum absolute atomic E-state index is 0.125. The number of nitrogens with one attached hydrogen (secondary N) is 1. The number of aliphatic hydroxyl groups is 1. The van der Waals surface area contributed by atoms with Crippen LogP contribution in [0.5, 0.6) is 0 Å². The minimum atomic E-state index is -0.652. The molecule has 1 amide bonds. The molecule has 1 fully saturated rings. The highest BCUT2D eigenvalue weighted by Crippen LogP contribution is 2.39. The Kier molecular flexibility index (Phi) is 5.61. The SMILES string of the molecule is Cc1ccc(C)c(C(O)=C2C(=O)C(=O)N(CC[NH+](C)C)[C@H]2c2cccnc2)c1. The van der Waals surface area contributed by atoms with Gasteiger partial charge in [0, 0.05) is 18.0 Å². The van der Waals surface area contributed by atoms with Gasteiger partial charge >= 0.3 is 0 Å². The Bertz CT molecular complexity index is 935. The Morgan fingerprint density at radius 3 is 2.61 bits per heavy atom.